The minimum atomic E-state index is -3.25. The maximum absolute atomic E-state index is 12.5. The molecule has 0 aromatic heterocycles. The Kier molecular flexibility index (Phi) is 3.80. The van der Waals surface area contributed by atoms with Gasteiger partial charge < -0.3 is 5.32 Å². The topological polar surface area (TPSA) is 69.7 Å². The molecule has 7 heteroatoms. The van der Waals surface area contributed by atoms with E-state index in [2.05, 4.69) is 10.2 Å². The number of hydrogen-bond donors (Lipinski definition) is 1. The molecule has 1 amide bonds. The molecule has 2 aliphatic heterocycles. The molecule has 24 heavy (non-hydrogen) atoms. The summed E-state index contributed by atoms with van der Waals surface area (Å²) in [5, 5.41) is 3.13. The quantitative estimate of drug-likeness (QED) is 0.880. The Morgan fingerprint density at radius 1 is 1.21 bits per heavy atom. The summed E-state index contributed by atoms with van der Waals surface area (Å²) in [5.41, 5.74) is 2.25. The van der Waals surface area contributed by atoms with Gasteiger partial charge in [0.1, 0.15) is 0 Å². The van der Waals surface area contributed by atoms with Crippen molar-refractivity contribution in [2.24, 2.45) is 0 Å². The number of carbonyl (C=O) groups excluding carboxylic acids is 1. The summed E-state index contributed by atoms with van der Waals surface area (Å²) >= 11 is 0. The fraction of sp³-hybridized carbons (Fsp3) is 0.588. The number of nitrogens with one attached hydrogen (secondary N) is 1. The number of amides is 1. The van der Waals surface area contributed by atoms with Crippen LogP contribution in [0.1, 0.15) is 35.2 Å². The second kappa shape index (κ2) is 5.74. The van der Waals surface area contributed by atoms with Crippen molar-refractivity contribution in [3.05, 3.63) is 29.3 Å². The average Bonchev–Trinajstić information content (AvgIpc) is 3.11. The number of fused-ring (bicyclic) bond motifs is 1. The van der Waals surface area contributed by atoms with Gasteiger partial charge in [0.15, 0.2) is 0 Å². The summed E-state index contributed by atoms with van der Waals surface area (Å²) in [5.74, 6) is -0.0572. The summed E-state index contributed by atoms with van der Waals surface area (Å²) < 4.78 is 25.0. The summed E-state index contributed by atoms with van der Waals surface area (Å²) in [6.45, 7) is 2.48. The lowest BCUT2D eigenvalue weighted by molar-refractivity contribution is 0.0937. The van der Waals surface area contributed by atoms with Crippen molar-refractivity contribution in [2.45, 2.75) is 37.8 Å². The number of anilines is 1. The maximum atomic E-state index is 12.5. The van der Waals surface area contributed by atoms with E-state index in [0.29, 0.717) is 24.2 Å². The first-order chi connectivity index (χ1) is 11.4. The van der Waals surface area contributed by atoms with E-state index in [-0.39, 0.29) is 11.9 Å². The summed E-state index contributed by atoms with van der Waals surface area (Å²) in [6.07, 6.45) is 5.47. The molecule has 0 radical (unpaired) electrons. The minimum absolute atomic E-state index is 0.0572. The largest absolute Gasteiger partial charge is 0.348 e. The number of nitrogens with zero attached hydrogens (tertiary/aromatic N) is 2. The predicted molar refractivity (Wildman–Crippen MR) is 92.8 cm³/mol. The lowest BCUT2D eigenvalue weighted by Crippen LogP contribution is -2.37. The van der Waals surface area contributed by atoms with Gasteiger partial charge in [-0.2, -0.15) is 0 Å². The molecule has 1 saturated carbocycles. The monoisotopic (exact) mass is 349 g/mol. The highest BCUT2D eigenvalue weighted by Gasteiger charge is 2.35. The van der Waals surface area contributed by atoms with Crippen LogP contribution in [0.3, 0.4) is 0 Å². The molecule has 6 nitrogen and oxygen atoms in total. The Bertz CT molecular complexity index is 773. The molecule has 4 rings (SSSR count). The van der Waals surface area contributed by atoms with Gasteiger partial charge in [-0.25, -0.2) is 8.42 Å². The number of sulfonamides is 1. The van der Waals surface area contributed by atoms with Gasteiger partial charge >= 0.3 is 0 Å². The van der Waals surface area contributed by atoms with Crippen LogP contribution in [-0.4, -0.2) is 57.2 Å². The highest BCUT2D eigenvalue weighted by Crippen LogP contribution is 2.31. The van der Waals surface area contributed by atoms with Gasteiger partial charge in [0.05, 0.1) is 11.9 Å². The van der Waals surface area contributed by atoms with E-state index in [1.54, 1.807) is 12.1 Å². The van der Waals surface area contributed by atoms with E-state index in [1.807, 2.05) is 6.07 Å². The standard InChI is InChI=1S/C17H23N3O3S/c1-24(22,23)20-9-6-12-10-13(2-5-16(12)20)17(21)18-14-7-8-19(11-14)15-3-4-15/h2,5,10,14-15H,3-4,6-9,11H2,1H3,(H,18,21). The van der Waals surface area contributed by atoms with Gasteiger partial charge in [-0.3, -0.25) is 14.0 Å². The highest BCUT2D eigenvalue weighted by atomic mass is 32.2. The lowest BCUT2D eigenvalue weighted by atomic mass is 10.1. The predicted octanol–water partition coefficient (Wildman–Crippen LogP) is 0.975. The van der Waals surface area contributed by atoms with Gasteiger partial charge in [-0.15, -0.1) is 0 Å². The van der Waals surface area contributed by atoms with Crippen LogP contribution in [0.5, 0.6) is 0 Å². The van der Waals surface area contributed by atoms with Gasteiger partial charge in [-0.05, 0) is 49.4 Å². The molecule has 1 N–H and O–H groups in total. The molecule has 2 fully saturated rings. The Morgan fingerprint density at radius 3 is 2.71 bits per heavy atom. The molecule has 2 heterocycles. The Labute approximate surface area is 142 Å². The van der Waals surface area contributed by atoms with E-state index in [9.17, 15) is 13.2 Å². The zero-order valence-electron chi connectivity index (χ0n) is 13.9. The summed E-state index contributed by atoms with van der Waals surface area (Å²) in [4.78, 5) is 15.0. The Morgan fingerprint density at radius 2 is 2.00 bits per heavy atom. The zero-order valence-corrected chi connectivity index (χ0v) is 14.7. The Balaban J connectivity index is 1.44. The first-order valence-corrected chi connectivity index (χ1v) is 10.4. The van der Waals surface area contributed by atoms with Crippen molar-refractivity contribution in [2.75, 3.05) is 30.2 Å². The number of benzene rings is 1. The van der Waals surface area contributed by atoms with E-state index < -0.39 is 10.0 Å². The molecule has 130 valence electrons. The van der Waals surface area contributed by atoms with Crippen LogP contribution in [0.25, 0.3) is 0 Å². The molecular weight excluding hydrogens is 326 g/mol. The SMILES string of the molecule is CS(=O)(=O)N1CCc2cc(C(=O)NC3CCN(C4CC4)C3)ccc21. The van der Waals surface area contributed by atoms with Crippen LogP contribution in [-0.2, 0) is 16.4 Å². The fourth-order valence-corrected chi connectivity index (χ4v) is 4.76. The molecule has 1 saturated heterocycles. The van der Waals surface area contributed by atoms with Gasteiger partial charge in [0, 0.05) is 37.3 Å². The molecule has 0 bridgehead atoms. The number of likely N-dealkylation sites (tertiary alicyclic amines) is 1. The zero-order chi connectivity index (χ0) is 16.9. The van der Waals surface area contributed by atoms with Crippen molar-refractivity contribution in [1.82, 2.24) is 10.2 Å². The normalized spacial score (nSPS) is 24.2. The molecule has 1 aromatic carbocycles. The first kappa shape index (κ1) is 15.9. The molecule has 1 unspecified atom stereocenters. The number of rotatable bonds is 4. The van der Waals surface area contributed by atoms with Gasteiger partial charge in [-0.1, -0.05) is 0 Å². The summed E-state index contributed by atoms with van der Waals surface area (Å²) in [6, 6.07) is 6.28. The van der Waals surface area contributed by atoms with E-state index in [0.717, 1.165) is 31.1 Å². The van der Waals surface area contributed by atoms with Crippen molar-refractivity contribution in [3.8, 4) is 0 Å². The third-order valence-electron chi connectivity index (χ3n) is 5.21. The van der Waals surface area contributed by atoms with Crippen LogP contribution >= 0.6 is 0 Å². The average molecular weight is 349 g/mol. The lowest BCUT2D eigenvalue weighted by Gasteiger charge is -2.17. The second-order valence-electron chi connectivity index (χ2n) is 7.11. The van der Waals surface area contributed by atoms with Crippen LogP contribution in [0, 0.1) is 0 Å². The summed E-state index contributed by atoms with van der Waals surface area (Å²) in [7, 11) is -3.25. The van der Waals surface area contributed by atoms with Crippen LogP contribution in [0.15, 0.2) is 18.2 Å². The van der Waals surface area contributed by atoms with Gasteiger partial charge in [0.2, 0.25) is 10.0 Å². The van der Waals surface area contributed by atoms with E-state index in [1.165, 1.54) is 23.4 Å². The Hall–Kier alpha value is -1.60. The van der Waals surface area contributed by atoms with Crippen molar-refractivity contribution in [3.63, 3.8) is 0 Å². The maximum Gasteiger partial charge on any atom is 0.251 e. The van der Waals surface area contributed by atoms with Crippen molar-refractivity contribution in [1.29, 1.82) is 0 Å². The van der Waals surface area contributed by atoms with Crippen molar-refractivity contribution < 1.29 is 13.2 Å². The molecule has 0 spiro atoms. The fourth-order valence-electron chi connectivity index (χ4n) is 3.80. The highest BCUT2D eigenvalue weighted by molar-refractivity contribution is 7.92. The molecule has 3 aliphatic rings. The van der Waals surface area contributed by atoms with Crippen LogP contribution < -0.4 is 9.62 Å². The smallest absolute Gasteiger partial charge is 0.251 e. The minimum Gasteiger partial charge on any atom is -0.348 e. The number of hydrogen-bond acceptors (Lipinski definition) is 4. The molecule has 1 atom stereocenters. The molecular formula is C17H23N3O3S. The van der Waals surface area contributed by atoms with Crippen molar-refractivity contribution >= 4 is 21.6 Å². The van der Waals surface area contributed by atoms with Crippen LogP contribution in [0.2, 0.25) is 0 Å². The molecule has 1 aliphatic carbocycles. The van der Waals surface area contributed by atoms with E-state index in [4.69, 9.17) is 0 Å². The second-order valence-corrected chi connectivity index (χ2v) is 9.02. The third-order valence-corrected chi connectivity index (χ3v) is 6.39. The van der Waals surface area contributed by atoms with E-state index >= 15 is 0 Å². The number of carbonyl (C=O) groups is 1. The first-order valence-electron chi connectivity index (χ1n) is 8.57. The van der Waals surface area contributed by atoms with Crippen LogP contribution in [0.4, 0.5) is 5.69 Å². The third kappa shape index (κ3) is 3.02. The van der Waals surface area contributed by atoms with Gasteiger partial charge in [0.25, 0.3) is 5.91 Å². The molecule has 1 aromatic rings.